The second kappa shape index (κ2) is 8.99. The van der Waals surface area contributed by atoms with Crippen LogP contribution in [0.3, 0.4) is 0 Å². The van der Waals surface area contributed by atoms with Crippen LogP contribution in [-0.4, -0.2) is 44.0 Å². The molecule has 1 unspecified atom stereocenters. The van der Waals surface area contributed by atoms with Crippen LogP contribution in [0.4, 0.5) is 9.18 Å². The number of aliphatic hydroxyl groups is 1. The van der Waals surface area contributed by atoms with Crippen LogP contribution in [-0.2, 0) is 10.2 Å². The van der Waals surface area contributed by atoms with Gasteiger partial charge in [0.2, 0.25) is 0 Å². The van der Waals surface area contributed by atoms with E-state index in [1.807, 2.05) is 6.92 Å². The van der Waals surface area contributed by atoms with Gasteiger partial charge in [-0.05, 0) is 42.9 Å². The third kappa shape index (κ3) is 5.18. The molecule has 2 rings (SSSR count). The lowest BCUT2D eigenvalue weighted by Gasteiger charge is -2.38. The zero-order valence-electron chi connectivity index (χ0n) is 14.2. The van der Waals surface area contributed by atoms with E-state index in [2.05, 4.69) is 10.6 Å². The molecule has 6 heteroatoms. The lowest BCUT2D eigenvalue weighted by atomic mass is 9.74. The highest BCUT2D eigenvalue weighted by molar-refractivity contribution is 5.74. The Morgan fingerprint density at radius 2 is 1.96 bits per heavy atom. The van der Waals surface area contributed by atoms with Crippen LogP contribution in [0, 0.1) is 11.7 Å². The van der Waals surface area contributed by atoms with E-state index in [-0.39, 0.29) is 29.8 Å². The van der Waals surface area contributed by atoms with E-state index in [1.165, 1.54) is 12.1 Å². The topological polar surface area (TPSA) is 70.6 Å². The van der Waals surface area contributed by atoms with Crippen LogP contribution in [0.1, 0.15) is 31.7 Å². The number of hydrogen-bond donors (Lipinski definition) is 3. The van der Waals surface area contributed by atoms with Gasteiger partial charge >= 0.3 is 6.03 Å². The minimum Gasteiger partial charge on any atom is -0.396 e. The molecule has 1 atom stereocenters. The van der Waals surface area contributed by atoms with Crippen molar-refractivity contribution >= 4 is 6.03 Å². The summed E-state index contributed by atoms with van der Waals surface area (Å²) in [6.07, 6.45) is 2.25. The van der Waals surface area contributed by atoms with Crippen molar-refractivity contribution in [2.75, 3.05) is 32.9 Å². The number of rotatable bonds is 7. The Morgan fingerprint density at radius 3 is 2.58 bits per heavy atom. The van der Waals surface area contributed by atoms with Gasteiger partial charge in [0, 0.05) is 38.3 Å². The lowest BCUT2D eigenvalue weighted by molar-refractivity contribution is 0.0506. The molecule has 134 valence electrons. The molecule has 0 spiro atoms. The van der Waals surface area contributed by atoms with Crippen molar-refractivity contribution in [2.45, 2.75) is 31.6 Å². The molecule has 2 amide bonds. The highest BCUT2D eigenvalue weighted by Crippen LogP contribution is 2.34. The standard InChI is InChI=1S/C18H27FN2O3/c1-14(6-9-22)12-20-17(23)21-13-18(7-10-24-11-8-18)15-2-4-16(19)5-3-15/h2-5,14,22H,6-13H2,1H3,(H2,20,21,23). The van der Waals surface area contributed by atoms with Crippen molar-refractivity contribution in [3.8, 4) is 0 Å². The number of carbonyl (C=O) groups excluding carboxylic acids is 1. The SMILES string of the molecule is CC(CCO)CNC(=O)NCC1(c2ccc(F)cc2)CCOCC1. The molecule has 1 saturated heterocycles. The van der Waals surface area contributed by atoms with Crippen LogP contribution in [0.2, 0.25) is 0 Å². The fourth-order valence-electron chi connectivity index (χ4n) is 3.03. The third-order valence-electron chi connectivity index (χ3n) is 4.73. The van der Waals surface area contributed by atoms with Crippen molar-refractivity contribution in [3.05, 3.63) is 35.6 Å². The molecule has 0 saturated carbocycles. The Balaban J connectivity index is 1.94. The normalized spacial score (nSPS) is 18.0. The fraction of sp³-hybridized carbons (Fsp3) is 0.611. The second-order valence-electron chi connectivity index (χ2n) is 6.58. The molecule has 3 N–H and O–H groups in total. The minimum absolute atomic E-state index is 0.123. The first kappa shape index (κ1) is 18.7. The predicted octanol–water partition coefficient (Wildman–Crippen LogP) is 2.19. The second-order valence-corrected chi connectivity index (χ2v) is 6.58. The fourth-order valence-corrected chi connectivity index (χ4v) is 3.03. The Kier molecular flexibility index (Phi) is 6.99. The smallest absolute Gasteiger partial charge is 0.314 e. The van der Waals surface area contributed by atoms with Gasteiger partial charge in [-0.2, -0.15) is 0 Å². The van der Waals surface area contributed by atoms with Gasteiger partial charge in [0.1, 0.15) is 5.82 Å². The van der Waals surface area contributed by atoms with Crippen molar-refractivity contribution in [3.63, 3.8) is 0 Å². The van der Waals surface area contributed by atoms with Crippen LogP contribution in [0.15, 0.2) is 24.3 Å². The first-order valence-electron chi connectivity index (χ1n) is 8.52. The van der Waals surface area contributed by atoms with E-state index in [9.17, 15) is 9.18 Å². The Morgan fingerprint density at radius 1 is 1.29 bits per heavy atom. The average molecular weight is 338 g/mol. The van der Waals surface area contributed by atoms with Crippen LogP contribution < -0.4 is 10.6 Å². The van der Waals surface area contributed by atoms with E-state index in [0.29, 0.717) is 32.7 Å². The minimum atomic E-state index is -0.260. The van der Waals surface area contributed by atoms with Crippen molar-refractivity contribution in [1.29, 1.82) is 0 Å². The van der Waals surface area contributed by atoms with E-state index in [4.69, 9.17) is 9.84 Å². The van der Waals surface area contributed by atoms with Gasteiger partial charge in [0.15, 0.2) is 0 Å². The van der Waals surface area contributed by atoms with Crippen molar-refractivity contribution in [2.24, 2.45) is 5.92 Å². The van der Waals surface area contributed by atoms with Gasteiger partial charge in [-0.3, -0.25) is 0 Å². The van der Waals surface area contributed by atoms with E-state index in [0.717, 1.165) is 18.4 Å². The highest BCUT2D eigenvalue weighted by Gasteiger charge is 2.34. The van der Waals surface area contributed by atoms with Crippen LogP contribution >= 0.6 is 0 Å². The summed E-state index contributed by atoms with van der Waals surface area (Å²) in [5, 5.41) is 14.7. The summed E-state index contributed by atoms with van der Waals surface area (Å²) in [6, 6.07) is 6.30. The number of halogens is 1. The quantitative estimate of drug-likeness (QED) is 0.714. The van der Waals surface area contributed by atoms with E-state index >= 15 is 0 Å². The van der Waals surface area contributed by atoms with Gasteiger partial charge in [0.25, 0.3) is 0 Å². The Bertz CT molecular complexity index is 516. The van der Waals surface area contributed by atoms with Gasteiger partial charge in [-0.1, -0.05) is 19.1 Å². The molecular formula is C18H27FN2O3. The largest absolute Gasteiger partial charge is 0.396 e. The molecule has 1 fully saturated rings. The lowest BCUT2D eigenvalue weighted by Crippen LogP contribution is -2.48. The van der Waals surface area contributed by atoms with E-state index < -0.39 is 0 Å². The molecule has 0 aromatic heterocycles. The molecule has 0 bridgehead atoms. The molecule has 1 aliphatic heterocycles. The molecule has 1 aromatic carbocycles. The summed E-state index contributed by atoms with van der Waals surface area (Å²) in [5.41, 5.74) is 0.807. The molecular weight excluding hydrogens is 311 g/mol. The number of benzene rings is 1. The summed E-state index contributed by atoms with van der Waals surface area (Å²) < 4.78 is 18.7. The molecule has 24 heavy (non-hydrogen) atoms. The number of urea groups is 1. The number of nitrogens with one attached hydrogen (secondary N) is 2. The molecule has 5 nitrogen and oxygen atoms in total. The maximum atomic E-state index is 13.2. The Labute approximate surface area is 142 Å². The Hall–Kier alpha value is -1.66. The average Bonchev–Trinajstić information content (AvgIpc) is 2.60. The summed E-state index contributed by atoms with van der Waals surface area (Å²) in [4.78, 5) is 12.0. The molecule has 1 heterocycles. The first-order valence-corrected chi connectivity index (χ1v) is 8.52. The summed E-state index contributed by atoms with van der Waals surface area (Å²) >= 11 is 0. The number of hydrogen-bond acceptors (Lipinski definition) is 3. The first-order chi connectivity index (χ1) is 11.6. The summed E-state index contributed by atoms with van der Waals surface area (Å²) in [5.74, 6) is -0.0283. The maximum absolute atomic E-state index is 13.2. The highest BCUT2D eigenvalue weighted by atomic mass is 19.1. The molecule has 0 radical (unpaired) electrons. The number of amides is 2. The van der Waals surface area contributed by atoms with E-state index in [1.54, 1.807) is 12.1 Å². The predicted molar refractivity (Wildman–Crippen MR) is 90.4 cm³/mol. The van der Waals surface area contributed by atoms with Gasteiger partial charge < -0.3 is 20.5 Å². The van der Waals surface area contributed by atoms with Crippen LogP contribution in [0.5, 0.6) is 0 Å². The number of carbonyl (C=O) groups is 1. The zero-order chi connectivity index (χ0) is 17.4. The molecule has 0 aliphatic carbocycles. The monoisotopic (exact) mass is 338 g/mol. The van der Waals surface area contributed by atoms with Crippen LogP contribution in [0.25, 0.3) is 0 Å². The summed E-state index contributed by atoms with van der Waals surface area (Å²) in [7, 11) is 0. The maximum Gasteiger partial charge on any atom is 0.314 e. The molecule has 1 aromatic rings. The number of ether oxygens (including phenoxy) is 1. The summed E-state index contributed by atoms with van der Waals surface area (Å²) in [6.45, 7) is 4.39. The molecule has 1 aliphatic rings. The van der Waals surface area contributed by atoms with Gasteiger partial charge in [0.05, 0.1) is 0 Å². The van der Waals surface area contributed by atoms with Gasteiger partial charge in [-0.15, -0.1) is 0 Å². The zero-order valence-corrected chi connectivity index (χ0v) is 14.2. The van der Waals surface area contributed by atoms with Crippen molar-refractivity contribution in [1.82, 2.24) is 10.6 Å². The van der Waals surface area contributed by atoms with Gasteiger partial charge in [-0.25, -0.2) is 9.18 Å². The third-order valence-corrected chi connectivity index (χ3v) is 4.73. The number of aliphatic hydroxyl groups excluding tert-OH is 1. The van der Waals surface area contributed by atoms with Crippen molar-refractivity contribution < 1.29 is 19.0 Å².